The molecule has 5 nitrogen and oxygen atoms in total. The van der Waals surface area contributed by atoms with Gasteiger partial charge in [-0.3, -0.25) is 4.90 Å². The molecule has 0 spiro atoms. The van der Waals surface area contributed by atoms with Crippen molar-refractivity contribution in [3.05, 3.63) is 46.6 Å². The molecular formula is C18H24Cl2N4O. The van der Waals surface area contributed by atoms with Crippen molar-refractivity contribution in [2.45, 2.75) is 37.1 Å². The number of hydrogen-bond donors (Lipinski definition) is 1. The quantitative estimate of drug-likeness (QED) is 0.878. The Bertz CT molecular complexity index is 697. The van der Waals surface area contributed by atoms with Gasteiger partial charge in [0.05, 0.1) is 11.5 Å². The van der Waals surface area contributed by atoms with E-state index in [1.807, 2.05) is 12.1 Å². The van der Waals surface area contributed by atoms with Gasteiger partial charge in [0.1, 0.15) is 0 Å². The Morgan fingerprint density at radius 2 is 1.96 bits per heavy atom. The lowest BCUT2D eigenvalue weighted by Gasteiger charge is -2.30. The minimum Gasteiger partial charge on any atom is -0.338 e. The van der Waals surface area contributed by atoms with Crippen LogP contribution in [0.15, 0.2) is 28.8 Å². The van der Waals surface area contributed by atoms with Crippen LogP contribution in [0.3, 0.4) is 0 Å². The van der Waals surface area contributed by atoms with Gasteiger partial charge in [-0.15, -0.1) is 12.4 Å². The van der Waals surface area contributed by atoms with Crippen molar-refractivity contribution in [3.63, 3.8) is 0 Å². The highest BCUT2D eigenvalue weighted by Crippen LogP contribution is 2.46. The third-order valence-electron chi connectivity index (χ3n) is 5.51. The molecule has 2 aliphatic rings. The number of likely N-dealkylation sites (N-methyl/N-ethyl adjacent to an activating group) is 1. The molecular weight excluding hydrogens is 359 g/mol. The fourth-order valence-electron chi connectivity index (χ4n) is 4.03. The standard InChI is InChI=1S/C18H23ClN4O.ClH/c1-23-11-10-20-12-15(23)16-21-17(24-22-16)18(8-2-3-9-18)13-4-6-14(19)7-5-13;/h4-7,15,20H,2-3,8-12H2,1H3;1H. The zero-order valence-electron chi connectivity index (χ0n) is 14.4. The molecule has 136 valence electrons. The summed E-state index contributed by atoms with van der Waals surface area (Å²) in [5.41, 5.74) is 1.07. The third-order valence-corrected chi connectivity index (χ3v) is 5.77. The lowest BCUT2D eigenvalue weighted by atomic mass is 9.79. The number of rotatable bonds is 3. The number of benzene rings is 1. The summed E-state index contributed by atoms with van der Waals surface area (Å²) < 4.78 is 5.79. The Balaban J connectivity index is 0.00000182. The van der Waals surface area contributed by atoms with Crippen LogP contribution in [0.4, 0.5) is 0 Å². The van der Waals surface area contributed by atoms with E-state index < -0.39 is 0 Å². The molecule has 1 aliphatic carbocycles. The maximum Gasteiger partial charge on any atom is 0.237 e. The van der Waals surface area contributed by atoms with Crippen molar-refractivity contribution in [2.24, 2.45) is 0 Å². The number of piperazine rings is 1. The fraction of sp³-hybridized carbons (Fsp3) is 0.556. The molecule has 1 saturated carbocycles. The SMILES string of the molecule is CN1CCNCC1c1noc(C2(c3ccc(Cl)cc3)CCCC2)n1.Cl. The zero-order valence-corrected chi connectivity index (χ0v) is 15.9. The van der Waals surface area contributed by atoms with Crippen molar-refractivity contribution in [2.75, 3.05) is 26.7 Å². The number of hydrogen-bond acceptors (Lipinski definition) is 5. The Labute approximate surface area is 159 Å². The molecule has 4 rings (SSSR count). The second kappa shape index (κ2) is 7.62. The van der Waals surface area contributed by atoms with Gasteiger partial charge in [0.2, 0.25) is 5.89 Å². The van der Waals surface area contributed by atoms with Crippen LogP contribution >= 0.6 is 24.0 Å². The number of nitrogens with one attached hydrogen (secondary N) is 1. The Kier molecular flexibility index (Phi) is 5.68. The lowest BCUT2D eigenvalue weighted by Crippen LogP contribution is -2.44. The van der Waals surface area contributed by atoms with Gasteiger partial charge in [-0.1, -0.05) is 41.7 Å². The van der Waals surface area contributed by atoms with E-state index in [-0.39, 0.29) is 23.9 Å². The molecule has 0 amide bonds. The molecule has 1 atom stereocenters. The first-order chi connectivity index (χ1) is 11.7. The fourth-order valence-corrected chi connectivity index (χ4v) is 4.16. The molecule has 1 aliphatic heterocycles. The normalized spacial score (nSPS) is 23.4. The maximum atomic E-state index is 6.07. The first kappa shape index (κ1) is 18.6. The highest BCUT2D eigenvalue weighted by Gasteiger charge is 2.43. The molecule has 2 fully saturated rings. The smallest absolute Gasteiger partial charge is 0.237 e. The molecule has 7 heteroatoms. The molecule has 25 heavy (non-hydrogen) atoms. The minimum absolute atomic E-state index is 0. The first-order valence-corrected chi connectivity index (χ1v) is 9.08. The highest BCUT2D eigenvalue weighted by molar-refractivity contribution is 6.30. The van der Waals surface area contributed by atoms with Gasteiger partial charge in [0.15, 0.2) is 5.82 Å². The number of aromatic nitrogens is 2. The molecule has 1 saturated heterocycles. The molecule has 1 N–H and O–H groups in total. The van der Waals surface area contributed by atoms with Gasteiger partial charge in [-0.05, 0) is 37.6 Å². The lowest BCUT2D eigenvalue weighted by molar-refractivity contribution is 0.190. The highest BCUT2D eigenvalue weighted by atomic mass is 35.5. The molecule has 1 aromatic heterocycles. The van der Waals surface area contributed by atoms with Crippen LogP contribution in [-0.2, 0) is 5.41 Å². The summed E-state index contributed by atoms with van der Waals surface area (Å²) in [4.78, 5) is 7.13. The van der Waals surface area contributed by atoms with Crippen LogP contribution in [0, 0.1) is 0 Å². The third kappa shape index (κ3) is 3.43. The van der Waals surface area contributed by atoms with Crippen molar-refractivity contribution in [3.8, 4) is 0 Å². The Hall–Kier alpha value is -1.14. The molecule has 2 heterocycles. The van der Waals surface area contributed by atoms with E-state index >= 15 is 0 Å². The summed E-state index contributed by atoms with van der Waals surface area (Å²) in [5.74, 6) is 1.55. The average molecular weight is 383 g/mol. The van der Waals surface area contributed by atoms with Crippen LogP contribution in [0.1, 0.15) is 49.0 Å². The van der Waals surface area contributed by atoms with Crippen LogP contribution in [0.25, 0.3) is 0 Å². The summed E-state index contributed by atoms with van der Waals surface area (Å²) in [7, 11) is 2.12. The molecule has 0 bridgehead atoms. The van der Waals surface area contributed by atoms with E-state index in [0.29, 0.717) is 0 Å². The van der Waals surface area contributed by atoms with E-state index in [0.717, 1.165) is 49.2 Å². The second-order valence-corrected chi connectivity index (χ2v) is 7.39. The van der Waals surface area contributed by atoms with Crippen molar-refractivity contribution >= 4 is 24.0 Å². The topological polar surface area (TPSA) is 54.2 Å². The van der Waals surface area contributed by atoms with Crippen molar-refractivity contribution < 1.29 is 4.52 Å². The van der Waals surface area contributed by atoms with Gasteiger partial charge in [-0.2, -0.15) is 4.98 Å². The Morgan fingerprint density at radius 3 is 2.64 bits per heavy atom. The van der Waals surface area contributed by atoms with Gasteiger partial charge in [0.25, 0.3) is 0 Å². The average Bonchev–Trinajstić information content (AvgIpc) is 3.26. The maximum absolute atomic E-state index is 6.07. The largest absolute Gasteiger partial charge is 0.338 e. The minimum atomic E-state index is -0.156. The van der Waals surface area contributed by atoms with Gasteiger partial charge < -0.3 is 9.84 Å². The number of nitrogens with zero attached hydrogens (tertiary/aromatic N) is 3. The van der Waals surface area contributed by atoms with E-state index in [1.54, 1.807) is 0 Å². The predicted octanol–water partition coefficient (Wildman–Crippen LogP) is 3.58. The monoisotopic (exact) mass is 382 g/mol. The van der Waals surface area contributed by atoms with E-state index in [9.17, 15) is 0 Å². The summed E-state index contributed by atoms with van der Waals surface area (Å²) >= 11 is 6.07. The van der Waals surface area contributed by atoms with Crippen LogP contribution in [0.2, 0.25) is 5.02 Å². The van der Waals surface area contributed by atoms with Gasteiger partial charge >= 0.3 is 0 Å². The van der Waals surface area contributed by atoms with Crippen LogP contribution in [0.5, 0.6) is 0 Å². The predicted molar refractivity (Wildman–Crippen MR) is 100 cm³/mol. The van der Waals surface area contributed by atoms with Crippen molar-refractivity contribution in [1.82, 2.24) is 20.4 Å². The first-order valence-electron chi connectivity index (χ1n) is 8.70. The molecule has 2 aromatic rings. The van der Waals surface area contributed by atoms with E-state index in [4.69, 9.17) is 21.1 Å². The molecule has 1 aromatic carbocycles. The van der Waals surface area contributed by atoms with E-state index in [2.05, 4.69) is 34.6 Å². The molecule has 1 unspecified atom stereocenters. The van der Waals surface area contributed by atoms with E-state index in [1.165, 1.54) is 18.4 Å². The summed E-state index contributed by atoms with van der Waals surface area (Å²) in [5, 5.41) is 8.50. The van der Waals surface area contributed by atoms with Crippen molar-refractivity contribution in [1.29, 1.82) is 0 Å². The summed E-state index contributed by atoms with van der Waals surface area (Å²) in [6.45, 7) is 2.87. The van der Waals surface area contributed by atoms with Crippen LogP contribution < -0.4 is 5.32 Å². The van der Waals surface area contributed by atoms with Gasteiger partial charge in [0, 0.05) is 24.7 Å². The Morgan fingerprint density at radius 1 is 1.24 bits per heavy atom. The molecule has 0 radical (unpaired) electrons. The van der Waals surface area contributed by atoms with Crippen LogP contribution in [-0.4, -0.2) is 41.7 Å². The second-order valence-electron chi connectivity index (χ2n) is 6.95. The zero-order chi connectivity index (χ0) is 16.6. The van der Waals surface area contributed by atoms with Gasteiger partial charge in [-0.25, -0.2) is 0 Å². The number of halogens is 2. The summed E-state index contributed by atoms with van der Waals surface area (Å²) in [6, 6.07) is 8.29. The summed E-state index contributed by atoms with van der Waals surface area (Å²) in [6.07, 6.45) is 4.47.